The molecule has 74 valence electrons. The van der Waals surface area contributed by atoms with Gasteiger partial charge in [-0.25, -0.2) is 4.98 Å². The summed E-state index contributed by atoms with van der Waals surface area (Å²) in [5.41, 5.74) is 2.22. The molecule has 1 nitrogen and oxygen atoms in total. The number of halogens is 2. The topological polar surface area (TPSA) is 12.9 Å². The van der Waals surface area contributed by atoms with Crippen molar-refractivity contribution >= 4 is 27.3 Å². The van der Waals surface area contributed by atoms with Gasteiger partial charge in [-0.05, 0) is 19.1 Å². The van der Waals surface area contributed by atoms with Crippen LogP contribution in [0.4, 0.5) is 0 Å². The Labute approximate surface area is 106 Å². The molecule has 1 heterocycles. The Morgan fingerprint density at radius 1 is 1.36 bits per heavy atom. The molecule has 0 saturated heterocycles. The van der Waals surface area contributed by atoms with E-state index in [1.807, 2.05) is 19.1 Å². The molecule has 0 amide bonds. The quantitative estimate of drug-likeness (QED) is 0.755. The molecule has 0 aliphatic heterocycles. The van der Waals surface area contributed by atoms with Crippen LogP contribution in [-0.2, 0) is 0 Å². The van der Waals surface area contributed by atoms with Crippen molar-refractivity contribution in [2.45, 2.75) is 6.92 Å². The molecule has 0 atom stereocenters. The fourth-order valence-electron chi connectivity index (χ4n) is 1.14. The lowest BCUT2D eigenvalue weighted by Gasteiger charge is -1.96. The summed E-state index contributed by atoms with van der Waals surface area (Å²) < 4.78 is 1.09. The normalized spacial score (nSPS) is 9.57. The van der Waals surface area contributed by atoms with Crippen molar-refractivity contribution in [1.82, 2.24) is 4.98 Å². The van der Waals surface area contributed by atoms with E-state index in [9.17, 15) is 0 Å². The standard InChI is InChI=1S/C10H8BrNS.BrH/c1-7-12-10(6-13-7)8-3-2-4-9(11)5-8;/h2-6H,1H3;1H/p-1. The van der Waals surface area contributed by atoms with Crippen LogP contribution in [-0.4, -0.2) is 4.98 Å². The molecule has 4 heteroatoms. The van der Waals surface area contributed by atoms with Gasteiger partial charge in [0.1, 0.15) is 0 Å². The molecule has 1 aromatic heterocycles. The Bertz CT molecular complexity index is 426. The van der Waals surface area contributed by atoms with Crippen LogP contribution >= 0.6 is 27.3 Å². The maximum Gasteiger partial charge on any atom is 0.0901 e. The second kappa shape index (κ2) is 5.05. The maximum atomic E-state index is 4.42. The molecule has 0 unspecified atom stereocenters. The van der Waals surface area contributed by atoms with Crippen LogP contribution in [0.15, 0.2) is 34.1 Å². The molecule has 0 radical (unpaired) electrons. The summed E-state index contributed by atoms with van der Waals surface area (Å²) in [5.74, 6) is 0. The summed E-state index contributed by atoms with van der Waals surface area (Å²) in [5, 5.41) is 3.19. The first kappa shape index (κ1) is 11.9. The van der Waals surface area contributed by atoms with E-state index in [1.165, 1.54) is 5.56 Å². The monoisotopic (exact) mass is 332 g/mol. The second-order valence-electron chi connectivity index (χ2n) is 2.76. The van der Waals surface area contributed by atoms with Crippen LogP contribution in [0.2, 0.25) is 0 Å². The summed E-state index contributed by atoms with van der Waals surface area (Å²) >= 11 is 5.12. The number of aromatic nitrogens is 1. The van der Waals surface area contributed by atoms with Crippen molar-refractivity contribution in [3.63, 3.8) is 0 Å². The molecule has 2 aromatic rings. The van der Waals surface area contributed by atoms with Gasteiger partial charge in [0.05, 0.1) is 10.7 Å². The smallest absolute Gasteiger partial charge is 0.0901 e. The molecular formula is C10H8Br2NS-. The number of hydrogen-bond acceptors (Lipinski definition) is 2. The van der Waals surface area contributed by atoms with E-state index >= 15 is 0 Å². The lowest BCUT2D eigenvalue weighted by atomic mass is 10.2. The molecule has 0 fully saturated rings. The highest BCUT2D eigenvalue weighted by atomic mass is 79.9. The SMILES string of the molecule is Cc1nc(-c2cccc(Br)c2)cs1.[Br-]. The van der Waals surface area contributed by atoms with E-state index in [0.717, 1.165) is 15.2 Å². The van der Waals surface area contributed by atoms with Gasteiger partial charge >= 0.3 is 0 Å². The fraction of sp³-hybridized carbons (Fsp3) is 0.100. The molecule has 1 aromatic carbocycles. The average molecular weight is 334 g/mol. The number of hydrogen-bond donors (Lipinski definition) is 0. The first-order chi connectivity index (χ1) is 6.25. The van der Waals surface area contributed by atoms with Crippen LogP contribution in [0.25, 0.3) is 11.3 Å². The van der Waals surface area contributed by atoms with E-state index in [-0.39, 0.29) is 17.0 Å². The molecule has 0 aliphatic rings. The van der Waals surface area contributed by atoms with Crippen LogP contribution in [0.5, 0.6) is 0 Å². The highest BCUT2D eigenvalue weighted by Crippen LogP contribution is 2.23. The van der Waals surface area contributed by atoms with Gasteiger partial charge in [-0.15, -0.1) is 11.3 Å². The Morgan fingerprint density at radius 2 is 2.14 bits per heavy atom. The molecular weight excluding hydrogens is 326 g/mol. The summed E-state index contributed by atoms with van der Waals surface area (Å²) in [7, 11) is 0. The second-order valence-corrected chi connectivity index (χ2v) is 4.74. The van der Waals surface area contributed by atoms with Crippen LogP contribution in [0, 0.1) is 6.92 Å². The third-order valence-corrected chi connectivity index (χ3v) is 3.01. The maximum absolute atomic E-state index is 4.42. The number of benzene rings is 1. The molecule has 14 heavy (non-hydrogen) atoms. The molecule has 0 saturated carbocycles. The summed E-state index contributed by atoms with van der Waals surface area (Å²) in [6.45, 7) is 2.02. The van der Waals surface area contributed by atoms with E-state index in [1.54, 1.807) is 11.3 Å². The van der Waals surface area contributed by atoms with Crippen LogP contribution in [0.1, 0.15) is 5.01 Å². The first-order valence-corrected chi connectivity index (χ1v) is 5.61. The van der Waals surface area contributed by atoms with Gasteiger partial charge in [0.15, 0.2) is 0 Å². The zero-order valence-electron chi connectivity index (χ0n) is 7.50. The van der Waals surface area contributed by atoms with E-state index < -0.39 is 0 Å². The van der Waals surface area contributed by atoms with Gasteiger partial charge in [0.2, 0.25) is 0 Å². The van der Waals surface area contributed by atoms with E-state index in [0.29, 0.717) is 0 Å². The van der Waals surface area contributed by atoms with Gasteiger partial charge in [-0.2, -0.15) is 0 Å². The predicted molar refractivity (Wildman–Crippen MR) is 60.0 cm³/mol. The Kier molecular flexibility index (Phi) is 4.29. The van der Waals surface area contributed by atoms with Gasteiger partial charge in [0.25, 0.3) is 0 Å². The summed E-state index contributed by atoms with van der Waals surface area (Å²) in [6, 6.07) is 8.19. The largest absolute Gasteiger partial charge is 1.00 e. The molecule has 0 aliphatic carbocycles. The van der Waals surface area contributed by atoms with Gasteiger partial charge < -0.3 is 17.0 Å². The van der Waals surface area contributed by atoms with Crippen molar-refractivity contribution in [2.75, 3.05) is 0 Å². The van der Waals surface area contributed by atoms with Gasteiger partial charge in [-0.3, -0.25) is 0 Å². The van der Waals surface area contributed by atoms with Crippen molar-refractivity contribution in [1.29, 1.82) is 0 Å². The minimum Gasteiger partial charge on any atom is -1.00 e. The molecule has 0 spiro atoms. The van der Waals surface area contributed by atoms with Crippen LogP contribution < -0.4 is 17.0 Å². The third-order valence-electron chi connectivity index (χ3n) is 1.74. The third kappa shape index (κ3) is 2.65. The minimum absolute atomic E-state index is 0. The van der Waals surface area contributed by atoms with Crippen molar-refractivity contribution in [3.8, 4) is 11.3 Å². The lowest BCUT2D eigenvalue weighted by molar-refractivity contribution is -0.00000253. The Hall–Kier alpha value is -0.190. The lowest BCUT2D eigenvalue weighted by Crippen LogP contribution is -3.00. The van der Waals surface area contributed by atoms with Crippen molar-refractivity contribution in [2.24, 2.45) is 0 Å². The predicted octanol–water partition coefficient (Wildman–Crippen LogP) is 0.885. The first-order valence-electron chi connectivity index (χ1n) is 3.94. The fourth-order valence-corrected chi connectivity index (χ4v) is 2.17. The van der Waals surface area contributed by atoms with Crippen molar-refractivity contribution in [3.05, 3.63) is 39.1 Å². The Balaban J connectivity index is 0.000000980. The number of rotatable bonds is 1. The average Bonchev–Trinajstić information content (AvgIpc) is 2.52. The highest BCUT2D eigenvalue weighted by molar-refractivity contribution is 9.10. The zero-order valence-corrected chi connectivity index (χ0v) is 11.5. The highest BCUT2D eigenvalue weighted by Gasteiger charge is 2.01. The zero-order chi connectivity index (χ0) is 9.26. The minimum atomic E-state index is 0. The number of aryl methyl sites for hydroxylation is 1. The van der Waals surface area contributed by atoms with Crippen LogP contribution in [0.3, 0.4) is 0 Å². The molecule has 0 N–H and O–H groups in total. The molecule has 2 rings (SSSR count). The van der Waals surface area contributed by atoms with E-state index in [2.05, 4.69) is 38.4 Å². The van der Waals surface area contributed by atoms with Crippen molar-refractivity contribution < 1.29 is 17.0 Å². The molecule has 0 bridgehead atoms. The summed E-state index contributed by atoms with van der Waals surface area (Å²) in [4.78, 5) is 4.42. The Morgan fingerprint density at radius 3 is 2.71 bits per heavy atom. The number of thiazole rings is 1. The summed E-state index contributed by atoms with van der Waals surface area (Å²) in [6.07, 6.45) is 0. The van der Waals surface area contributed by atoms with Gasteiger partial charge in [0, 0.05) is 15.4 Å². The number of nitrogens with zero attached hydrogens (tertiary/aromatic N) is 1. The van der Waals surface area contributed by atoms with E-state index in [4.69, 9.17) is 0 Å². The van der Waals surface area contributed by atoms with Gasteiger partial charge in [-0.1, -0.05) is 28.1 Å².